The minimum Gasteiger partial charge on any atom is -0.434 e. The van der Waals surface area contributed by atoms with Crippen molar-refractivity contribution >= 4 is 63.2 Å². The normalized spacial score (nSPS) is 10.9. The molecule has 1 heterocycles. The molecule has 4 aromatic rings. The number of amides is 1. The van der Waals surface area contributed by atoms with Crippen molar-refractivity contribution < 1.29 is 9.21 Å². The number of halogens is 2. The van der Waals surface area contributed by atoms with E-state index in [1.54, 1.807) is 24.3 Å². The van der Waals surface area contributed by atoms with Crippen LogP contribution in [0.25, 0.3) is 22.6 Å². The highest BCUT2D eigenvalue weighted by Crippen LogP contribution is 2.34. The van der Waals surface area contributed by atoms with Gasteiger partial charge in [0.1, 0.15) is 5.52 Å². The Balaban J connectivity index is 1.54. The number of carbonyl (C=O) groups excluding carboxylic acids is 1. The van der Waals surface area contributed by atoms with Crippen molar-refractivity contribution in [3.05, 3.63) is 81.3 Å². The fourth-order valence-electron chi connectivity index (χ4n) is 3.30. The predicted octanol–water partition coefficient (Wildman–Crippen LogP) is 6.80. The van der Waals surface area contributed by atoms with Crippen LogP contribution in [0.3, 0.4) is 0 Å². The van der Waals surface area contributed by atoms with E-state index in [9.17, 15) is 4.79 Å². The largest absolute Gasteiger partial charge is 0.434 e. The first-order valence-corrected chi connectivity index (χ1v) is 11.1. The highest BCUT2D eigenvalue weighted by Gasteiger charge is 2.16. The van der Waals surface area contributed by atoms with E-state index in [2.05, 4.69) is 22.5 Å². The number of oxazole rings is 1. The summed E-state index contributed by atoms with van der Waals surface area (Å²) in [6, 6.07) is 16.3. The van der Waals surface area contributed by atoms with Gasteiger partial charge in [-0.1, -0.05) is 48.3 Å². The number of aryl methyl sites for hydroxylation is 1. The average Bonchev–Trinajstić information content (AvgIpc) is 3.19. The SMILES string of the molecule is CCc1ccc(C(=O)NC(=S)Nc2cccc(-c3nc4cc(Cl)cc(Cl)c4o3)c2C)cc1. The highest BCUT2D eigenvalue weighted by atomic mass is 35.5. The van der Waals surface area contributed by atoms with E-state index in [4.69, 9.17) is 39.8 Å². The monoisotopic (exact) mass is 483 g/mol. The van der Waals surface area contributed by atoms with Crippen molar-refractivity contribution in [1.29, 1.82) is 0 Å². The van der Waals surface area contributed by atoms with E-state index in [0.717, 1.165) is 28.8 Å². The van der Waals surface area contributed by atoms with E-state index < -0.39 is 0 Å². The molecule has 0 aliphatic heterocycles. The fraction of sp³-hybridized carbons (Fsp3) is 0.125. The molecule has 1 aromatic heterocycles. The van der Waals surface area contributed by atoms with Gasteiger partial charge in [0.05, 0.1) is 5.02 Å². The minimum atomic E-state index is -0.274. The molecule has 0 spiro atoms. The Morgan fingerprint density at radius 1 is 1.12 bits per heavy atom. The van der Waals surface area contributed by atoms with Crippen molar-refractivity contribution in [1.82, 2.24) is 10.3 Å². The number of benzene rings is 3. The van der Waals surface area contributed by atoms with Gasteiger partial charge in [-0.25, -0.2) is 4.98 Å². The topological polar surface area (TPSA) is 67.2 Å². The van der Waals surface area contributed by atoms with Gasteiger partial charge < -0.3 is 9.73 Å². The molecule has 3 aromatic carbocycles. The molecule has 0 fully saturated rings. The van der Waals surface area contributed by atoms with Crippen LogP contribution in [-0.2, 0) is 6.42 Å². The zero-order valence-electron chi connectivity index (χ0n) is 17.3. The number of fused-ring (bicyclic) bond motifs is 1. The van der Waals surface area contributed by atoms with Crippen LogP contribution in [0.1, 0.15) is 28.4 Å². The molecule has 0 bridgehead atoms. The summed E-state index contributed by atoms with van der Waals surface area (Å²) < 4.78 is 5.89. The maximum Gasteiger partial charge on any atom is 0.257 e. The summed E-state index contributed by atoms with van der Waals surface area (Å²) in [4.78, 5) is 17.0. The smallest absolute Gasteiger partial charge is 0.257 e. The van der Waals surface area contributed by atoms with Gasteiger partial charge in [0, 0.05) is 21.8 Å². The first kappa shape index (κ1) is 22.3. The molecule has 0 atom stereocenters. The molecule has 8 heteroatoms. The molecule has 0 radical (unpaired) electrons. The number of nitrogens with one attached hydrogen (secondary N) is 2. The molecule has 0 saturated carbocycles. The van der Waals surface area contributed by atoms with Gasteiger partial charge in [0.15, 0.2) is 10.7 Å². The van der Waals surface area contributed by atoms with Gasteiger partial charge in [0.2, 0.25) is 5.89 Å². The van der Waals surface area contributed by atoms with Crippen LogP contribution in [-0.4, -0.2) is 16.0 Å². The number of hydrogen-bond acceptors (Lipinski definition) is 4. The molecule has 32 heavy (non-hydrogen) atoms. The Morgan fingerprint density at radius 3 is 2.59 bits per heavy atom. The van der Waals surface area contributed by atoms with Crippen LogP contribution in [0.15, 0.2) is 59.0 Å². The summed E-state index contributed by atoms with van der Waals surface area (Å²) in [5.74, 6) is 0.140. The maximum atomic E-state index is 12.5. The lowest BCUT2D eigenvalue weighted by Gasteiger charge is -2.13. The van der Waals surface area contributed by atoms with Gasteiger partial charge in [-0.2, -0.15) is 0 Å². The number of anilines is 1. The second-order valence-electron chi connectivity index (χ2n) is 7.19. The quantitative estimate of drug-likeness (QED) is 0.312. The number of thiocarbonyl (C=S) groups is 1. The number of carbonyl (C=O) groups is 1. The predicted molar refractivity (Wildman–Crippen MR) is 134 cm³/mol. The summed E-state index contributed by atoms with van der Waals surface area (Å²) in [5, 5.41) is 6.87. The zero-order valence-corrected chi connectivity index (χ0v) is 19.7. The van der Waals surface area contributed by atoms with Crippen LogP contribution in [0.5, 0.6) is 0 Å². The van der Waals surface area contributed by atoms with Crippen molar-refractivity contribution in [3.63, 3.8) is 0 Å². The highest BCUT2D eigenvalue weighted by molar-refractivity contribution is 7.80. The molecule has 0 unspecified atom stereocenters. The third-order valence-electron chi connectivity index (χ3n) is 5.07. The second kappa shape index (κ2) is 9.28. The van der Waals surface area contributed by atoms with Crippen molar-refractivity contribution in [2.24, 2.45) is 0 Å². The van der Waals surface area contributed by atoms with E-state index in [0.29, 0.717) is 32.6 Å². The fourth-order valence-corrected chi connectivity index (χ4v) is 4.02. The van der Waals surface area contributed by atoms with Gasteiger partial charge >= 0.3 is 0 Å². The third-order valence-corrected chi connectivity index (χ3v) is 5.78. The number of aromatic nitrogens is 1. The molecule has 0 saturated heterocycles. The van der Waals surface area contributed by atoms with E-state index in [-0.39, 0.29) is 11.0 Å². The van der Waals surface area contributed by atoms with Crippen LogP contribution in [0, 0.1) is 6.92 Å². The summed E-state index contributed by atoms with van der Waals surface area (Å²) in [6.45, 7) is 3.98. The van der Waals surface area contributed by atoms with E-state index >= 15 is 0 Å². The lowest BCUT2D eigenvalue weighted by Crippen LogP contribution is -2.34. The van der Waals surface area contributed by atoms with E-state index in [1.165, 1.54) is 0 Å². The molecular formula is C24H19Cl2N3O2S. The Bertz CT molecular complexity index is 1330. The van der Waals surface area contributed by atoms with Gasteiger partial charge in [-0.05, 0) is 73.1 Å². The maximum absolute atomic E-state index is 12.5. The standard InChI is InChI=1S/C24H19Cl2N3O2S/c1-3-14-7-9-15(10-8-14)22(30)29-24(32)28-19-6-4-5-17(13(19)2)23-27-20-12-16(25)11-18(26)21(20)31-23/h4-12H,3H2,1-2H3,(H2,28,29,30,32). The van der Waals surface area contributed by atoms with Gasteiger partial charge in [-0.15, -0.1) is 0 Å². The molecule has 1 amide bonds. The molecule has 5 nitrogen and oxygen atoms in total. The number of nitrogens with zero attached hydrogens (tertiary/aromatic N) is 1. The Labute approximate surface area is 200 Å². The zero-order chi connectivity index (χ0) is 22.8. The van der Waals surface area contributed by atoms with E-state index in [1.807, 2.05) is 37.3 Å². The Hall–Kier alpha value is -2.93. The molecule has 2 N–H and O–H groups in total. The van der Waals surface area contributed by atoms with Gasteiger partial charge in [-0.3, -0.25) is 10.1 Å². The summed E-state index contributed by atoms with van der Waals surface area (Å²) in [5.41, 5.74) is 5.09. The molecule has 0 aliphatic rings. The molecular weight excluding hydrogens is 465 g/mol. The average molecular weight is 484 g/mol. The second-order valence-corrected chi connectivity index (χ2v) is 8.44. The van der Waals surface area contributed by atoms with Crippen molar-refractivity contribution in [3.8, 4) is 11.5 Å². The van der Waals surface area contributed by atoms with Gasteiger partial charge in [0.25, 0.3) is 5.91 Å². The first-order chi connectivity index (χ1) is 15.4. The van der Waals surface area contributed by atoms with Crippen LogP contribution in [0.4, 0.5) is 5.69 Å². The summed E-state index contributed by atoms with van der Waals surface area (Å²) in [6.07, 6.45) is 0.914. The van der Waals surface area contributed by atoms with Crippen LogP contribution < -0.4 is 10.6 Å². The number of hydrogen-bond donors (Lipinski definition) is 2. The van der Waals surface area contributed by atoms with Crippen molar-refractivity contribution in [2.75, 3.05) is 5.32 Å². The lowest BCUT2D eigenvalue weighted by molar-refractivity contribution is 0.0977. The Morgan fingerprint density at radius 2 is 1.88 bits per heavy atom. The summed E-state index contributed by atoms with van der Waals surface area (Å²) in [7, 11) is 0. The van der Waals surface area contributed by atoms with Crippen LogP contribution in [0.2, 0.25) is 10.0 Å². The number of rotatable bonds is 4. The van der Waals surface area contributed by atoms with Crippen LogP contribution >= 0.6 is 35.4 Å². The first-order valence-electron chi connectivity index (χ1n) is 9.92. The minimum absolute atomic E-state index is 0.196. The third kappa shape index (κ3) is 4.63. The Kier molecular flexibility index (Phi) is 6.46. The molecule has 0 aliphatic carbocycles. The van der Waals surface area contributed by atoms with Crippen molar-refractivity contribution in [2.45, 2.75) is 20.3 Å². The molecule has 162 valence electrons. The summed E-state index contributed by atoms with van der Waals surface area (Å²) >= 11 is 17.7. The molecule has 4 rings (SSSR count). The lowest BCUT2D eigenvalue weighted by atomic mass is 10.1.